The van der Waals surface area contributed by atoms with Crippen molar-refractivity contribution in [3.63, 3.8) is 0 Å². The summed E-state index contributed by atoms with van der Waals surface area (Å²) in [7, 11) is 0. The molecular formula is C19H29ClN2. The summed E-state index contributed by atoms with van der Waals surface area (Å²) in [4.78, 5) is 2.64. The van der Waals surface area contributed by atoms with Gasteiger partial charge in [-0.1, -0.05) is 43.0 Å². The van der Waals surface area contributed by atoms with Crippen LogP contribution < -0.4 is 5.73 Å². The summed E-state index contributed by atoms with van der Waals surface area (Å²) in [5.41, 5.74) is 7.73. The highest BCUT2D eigenvalue weighted by Gasteiger charge is 2.27. The molecule has 0 amide bonds. The molecule has 1 aromatic carbocycles. The number of nitrogens with two attached hydrogens (primary N) is 1. The summed E-state index contributed by atoms with van der Waals surface area (Å²) in [5, 5.41) is 0.822. The van der Waals surface area contributed by atoms with Gasteiger partial charge in [-0.05, 0) is 55.2 Å². The average Bonchev–Trinajstić information content (AvgIpc) is 2.50. The Balaban J connectivity index is 1.54. The molecule has 1 aliphatic carbocycles. The molecule has 1 saturated carbocycles. The molecule has 22 heavy (non-hydrogen) atoms. The second-order valence-corrected chi connectivity index (χ2v) is 7.85. The van der Waals surface area contributed by atoms with Gasteiger partial charge in [-0.25, -0.2) is 0 Å². The standard InChI is InChI=1S/C19H29ClN2/c20-18-8-6-15(7-9-18)10-17-11-19(21)14-22(13-17)12-16-4-2-1-3-5-16/h6-9,16-17,19H,1-5,10-14,21H2. The molecule has 1 aromatic rings. The molecular weight excluding hydrogens is 292 g/mol. The molecule has 0 aromatic heterocycles. The first kappa shape index (κ1) is 16.3. The first-order valence-electron chi connectivity index (χ1n) is 8.91. The monoisotopic (exact) mass is 320 g/mol. The zero-order valence-electron chi connectivity index (χ0n) is 13.5. The van der Waals surface area contributed by atoms with Crippen LogP contribution in [0, 0.1) is 11.8 Å². The van der Waals surface area contributed by atoms with Crippen LogP contribution in [0.25, 0.3) is 0 Å². The predicted octanol–water partition coefficient (Wildman–Crippen LogP) is 4.11. The summed E-state index contributed by atoms with van der Waals surface area (Å²) in [5.74, 6) is 1.60. The second-order valence-electron chi connectivity index (χ2n) is 7.41. The highest BCUT2D eigenvalue weighted by molar-refractivity contribution is 6.30. The van der Waals surface area contributed by atoms with E-state index < -0.39 is 0 Å². The van der Waals surface area contributed by atoms with Gasteiger partial charge in [-0.15, -0.1) is 0 Å². The lowest BCUT2D eigenvalue weighted by molar-refractivity contribution is 0.124. The molecule has 2 unspecified atom stereocenters. The molecule has 0 radical (unpaired) electrons. The summed E-state index contributed by atoms with van der Waals surface area (Å²) in [6, 6.07) is 8.66. The van der Waals surface area contributed by atoms with Gasteiger partial charge in [0.05, 0.1) is 0 Å². The van der Waals surface area contributed by atoms with Crippen LogP contribution in [0.2, 0.25) is 5.02 Å². The van der Waals surface area contributed by atoms with Crippen molar-refractivity contribution in [3.05, 3.63) is 34.9 Å². The van der Waals surface area contributed by atoms with Crippen LogP contribution in [0.1, 0.15) is 44.1 Å². The molecule has 1 saturated heterocycles. The fourth-order valence-electron chi connectivity index (χ4n) is 4.33. The number of hydrogen-bond acceptors (Lipinski definition) is 2. The molecule has 2 aliphatic rings. The summed E-state index contributed by atoms with van der Waals surface area (Å²) in [6.45, 7) is 3.57. The van der Waals surface area contributed by atoms with E-state index in [4.69, 9.17) is 17.3 Å². The first-order chi connectivity index (χ1) is 10.7. The van der Waals surface area contributed by atoms with Gasteiger partial charge in [0.1, 0.15) is 0 Å². The minimum Gasteiger partial charge on any atom is -0.327 e. The zero-order chi connectivity index (χ0) is 15.4. The van der Waals surface area contributed by atoms with Gasteiger partial charge in [-0.3, -0.25) is 0 Å². The van der Waals surface area contributed by atoms with Gasteiger partial charge in [0.15, 0.2) is 0 Å². The molecule has 1 heterocycles. The highest BCUT2D eigenvalue weighted by atomic mass is 35.5. The van der Waals surface area contributed by atoms with Crippen LogP contribution in [-0.2, 0) is 6.42 Å². The summed E-state index contributed by atoms with van der Waals surface area (Å²) < 4.78 is 0. The van der Waals surface area contributed by atoms with Crippen molar-refractivity contribution < 1.29 is 0 Å². The van der Waals surface area contributed by atoms with Gasteiger partial charge >= 0.3 is 0 Å². The topological polar surface area (TPSA) is 29.3 Å². The molecule has 1 aliphatic heterocycles. The average molecular weight is 321 g/mol. The summed E-state index contributed by atoms with van der Waals surface area (Å²) >= 11 is 5.98. The second kappa shape index (κ2) is 7.81. The Labute approximate surface area is 140 Å². The Morgan fingerprint density at radius 1 is 1.00 bits per heavy atom. The molecule has 2 N–H and O–H groups in total. The quantitative estimate of drug-likeness (QED) is 0.904. The van der Waals surface area contributed by atoms with E-state index in [1.54, 1.807) is 0 Å². The van der Waals surface area contributed by atoms with Gasteiger partial charge in [0, 0.05) is 30.7 Å². The third-order valence-electron chi connectivity index (χ3n) is 5.32. The molecule has 2 atom stereocenters. The molecule has 122 valence electrons. The van der Waals surface area contributed by atoms with Crippen molar-refractivity contribution in [2.75, 3.05) is 19.6 Å². The molecule has 2 nitrogen and oxygen atoms in total. The maximum absolute atomic E-state index is 6.34. The number of nitrogens with zero attached hydrogens (tertiary/aromatic N) is 1. The van der Waals surface area contributed by atoms with Gasteiger partial charge in [-0.2, -0.15) is 0 Å². The Hall–Kier alpha value is -0.570. The summed E-state index contributed by atoms with van der Waals surface area (Å²) in [6.07, 6.45) is 9.43. The first-order valence-corrected chi connectivity index (χ1v) is 9.29. The molecule has 0 bridgehead atoms. The van der Waals surface area contributed by atoms with Gasteiger partial charge < -0.3 is 10.6 Å². The van der Waals surface area contributed by atoms with E-state index in [1.165, 1.54) is 50.8 Å². The lowest BCUT2D eigenvalue weighted by Gasteiger charge is -2.39. The van der Waals surface area contributed by atoms with Crippen LogP contribution in [-0.4, -0.2) is 30.6 Å². The van der Waals surface area contributed by atoms with Crippen molar-refractivity contribution in [2.24, 2.45) is 17.6 Å². The van der Waals surface area contributed by atoms with Crippen molar-refractivity contribution in [3.8, 4) is 0 Å². The van der Waals surface area contributed by atoms with E-state index in [1.807, 2.05) is 12.1 Å². The minimum absolute atomic E-state index is 0.342. The third-order valence-corrected chi connectivity index (χ3v) is 5.58. The molecule has 3 rings (SSSR count). The van der Waals surface area contributed by atoms with Crippen molar-refractivity contribution >= 4 is 11.6 Å². The number of likely N-dealkylation sites (tertiary alicyclic amines) is 1. The van der Waals surface area contributed by atoms with E-state index in [9.17, 15) is 0 Å². The highest BCUT2D eigenvalue weighted by Crippen LogP contribution is 2.27. The largest absolute Gasteiger partial charge is 0.327 e. The maximum atomic E-state index is 6.34. The van der Waals surface area contributed by atoms with E-state index in [2.05, 4.69) is 17.0 Å². The number of benzene rings is 1. The van der Waals surface area contributed by atoms with Crippen LogP contribution >= 0.6 is 11.6 Å². The normalized spacial score (nSPS) is 27.9. The SMILES string of the molecule is NC1CC(Cc2ccc(Cl)cc2)CN(CC2CCCCC2)C1. The van der Waals surface area contributed by atoms with Crippen molar-refractivity contribution in [1.29, 1.82) is 0 Å². The Morgan fingerprint density at radius 3 is 2.45 bits per heavy atom. The number of rotatable bonds is 4. The predicted molar refractivity (Wildman–Crippen MR) is 94.3 cm³/mol. The molecule has 3 heteroatoms. The van der Waals surface area contributed by atoms with Crippen molar-refractivity contribution in [2.45, 2.75) is 51.0 Å². The van der Waals surface area contributed by atoms with Crippen LogP contribution in [0.15, 0.2) is 24.3 Å². The maximum Gasteiger partial charge on any atom is 0.0406 e. The van der Waals surface area contributed by atoms with Crippen molar-refractivity contribution in [1.82, 2.24) is 4.90 Å². The van der Waals surface area contributed by atoms with Crippen LogP contribution in [0.3, 0.4) is 0 Å². The minimum atomic E-state index is 0.342. The zero-order valence-corrected chi connectivity index (χ0v) is 14.3. The number of piperidine rings is 1. The fourth-order valence-corrected chi connectivity index (χ4v) is 4.46. The van der Waals surface area contributed by atoms with Gasteiger partial charge in [0.25, 0.3) is 0 Å². The Morgan fingerprint density at radius 2 is 1.73 bits per heavy atom. The van der Waals surface area contributed by atoms with Gasteiger partial charge in [0.2, 0.25) is 0 Å². The number of hydrogen-bond donors (Lipinski definition) is 1. The number of halogens is 1. The Bertz CT molecular complexity index is 453. The third kappa shape index (κ3) is 4.71. The van der Waals surface area contributed by atoms with Crippen LogP contribution in [0.4, 0.5) is 0 Å². The molecule has 2 fully saturated rings. The van der Waals surface area contributed by atoms with E-state index in [-0.39, 0.29) is 0 Å². The smallest absolute Gasteiger partial charge is 0.0406 e. The lowest BCUT2D eigenvalue weighted by Crippen LogP contribution is -2.49. The van der Waals surface area contributed by atoms with E-state index in [0.717, 1.165) is 30.3 Å². The fraction of sp³-hybridized carbons (Fsp3) is 0.684. The van der Waals surface area contributed by atoms with E-state index >= 15 is 0 Å². The van der Waals surface area contributed by atoms with Crippen LogP contribution in [0.5, 0.6) is 0 Å². The molecule has 0 spiro atoms. The Kier molecular flexibility index (Phi) is 5.78. The van der Waals surface area contributed by atoms with E-state index in [0.29, 0.717) is 12.0 Å². The lowest BCUT2D eigenvalue weighted by atomic mass is 9.86.